The maximum Gasteiger partial charge on any atom is 0.323 e. The Labute approximate surface area is 247 Å². The number of ether oxygens (including phenoxy) is 1. The molecule has 5 aromatic carbocycles. The van der Waals surface area contributed by atoms with E-state index in [9.17, 15) is 4.79 Å². The van der Waals surface area contributed by atoms with Gasteiger partial charge >= 0.3 is 5.97 Å². The van der Waals surface area contributed by atoms with E-state index in [4.69, 9.17) is 4.74 Å². The molecule has 6 aromatic rings. The highest BCUT2D eigenvalue weighted by Gasteiger charge is 2.52. The third-order valence-electron chi connectivity index (χ3n) is 8.23. The smallest absolute Gasteiger partial charge is 0.323 e. The predicted molar refractivity (Wildman–Crippen MR) is 172 cm³/mol. The summed E-state index contributed by atoms with van der Waals surface area (Å²) in [4.78, 5) is 14.5. The third-order valence-corrected chi connectivity index (χ3v) is 8.23. The zero-order valence-electron chi connectivity index (χ0n) is 24.1. The summed E-state index contributed by atoms with van der Waals surface area (Å²) in [5, 5.41) is 4.83. The quantitative estimate of drug-likeness (QED) is 0.193. The number of anilines is 1. The molecule has 4 nitrogen and oxygen atoms in total. The lowest BCUT2D eigenvalue weighted by Gasteiger charge is -2.40. The Balaban J connectivity index is 1.62. The van der Waals surface area contributed by atoms with Gasteiger partial charge in [0.15, 0.2) is 0 Å². The van der Waals surface area contributed by atoms with Gasteiger partial charge in [0, 0.05) is 29.9 Å². The Bertz CT molecular complexity index is 1810. The highest BCUT2D eigenvalue weighted by molar-refractivity contribution is 5.98. The van der Waals surface area contributed by atoms with E-state index < -0.39 is 11.5 Å². The van der Waals surface area contributed by atoms with Crippen LogP contribution in [0.15, 0.2) is 140 Å². The number of para-hydroxylation sites is 1. The van der Waals surface area contributed by atoms with Gasteiger partial charge < -0.3 is 14.6 Å². The topological polar surface area (TPSA) is 43.3 Å². The lowest BCUT2D eigenvalue weighted by atomic mass is 9.66. The van der Waals surface area contributed by atoms with Crippen molar-refractivity contribution in [2.45, 2.75) is 18.4 Å². The van der Waals surface area contributed by atoms with Gasteiger partial charge in [-0.3, -0.25) is 4.79 Å². The second-order valence-corrected chi connectivity index (χ2v) is 10.7. The Kier molecular flexibility index (Phi) is 7.37. The summed E-state index contributed by atoms with van der Waals surface area (Å²) in [6, 6.07) is 44.7. The standard InChI is InChI=1S/C38H34N2O2/c1-27-14-13-21-33-34(26-40(2)35(27)33)38(37(41)42-3,31-19-11-6-12-20-31)36(30-17-9-5-10-18-30)39-32-24-22-29(23-25-32)28-15-7-4-8-16-28/h4-26,36,39H,1-3H3/t36-,38+/m0/s1. The third kappa shape index (κ3) is 4.65. The molecule has 6 rings (SSSR count). The Hall–Kier alpha value is -5.09. The fraction of sp³-hybridized carbons (Fsp3) is 0.132. The number of methoxy groups -OCH3 is 1. The first-order chi connectivity index (χ1) is 20.5. The lowest BCUT2D eigenvalue weighted by molar-refractivity contribution is -0.146. The van der Waals surface area contributed by atoms with Crippen LogP contribution in [0.1, 0.15) is 28.3 Å². The highest BCUT2D eigenvalue weighted by atomic mass is 16.5. The summed E-state index contributed by atoms with van der Waals surface area (Å²) in [5.41, 5.74) is 6.93. The summed E-state index contributed by atoms with van der Waals surface area (Å²) < 4.78 is 7.86. The van der Waals surface area contributed by atoms with Gasteiger partial charge in [0.05, 0.1) is 18.7 Å². The molecule has 0 saturated carbocycles. The highest BCUT2D eigenvalue weighted by Crippen LogP contribution is 2.49. The molecule has 0 unspecified atom stereocenters. The minimum absolute atomic E-state index is 0.329. The lowest BCUT2D eigenvalue weighted by Crippen LogP contribution is -2.46. The van der Waals surface area contributed by atoms with E-state index in [-0.39, 0.29) is 5.97 Å². The summed E-state index contributed by atoms with van der Waals surface area (Å²) >= 11 is 0. The van der Waals surface area contributed by atoms with E-state index in [0.29, 0.717) is 0 Å². The summed E-state index contributed by atoms with van der Waals surface area (Å²) in [7, 11) is 3.52. The molecule has 0 spiro atoms. The Morgan fingerprint density at radius 1 is 0.738 bits per heavy atom. The minimum Gasteiger partial charge on any atom is -0.468 e. The monoisotopic (exact) mass is 550 g/mol. The Morgan fingerprint density at radius 3 is 1.98 bits per heavy atom. The van der Waals surface area contributed by atoms with Crippen molar-refractivity contribution in [1.29, 1.82) is 0 Å². The van der Waals surface area contributed by atoms with Crippen LogP contribution in [0.3, 0.4) is 0 Å². The Morgan fingerprint density at radius 2 is 1.33 bits per heavy atom. The zero-order valence-corrected chi connectivity index (χ0v) is 24.1. The van der Waals surface area contributed by atoms with E-state index in [0.717, 1.165) is 50.0 Å². The van der Waals surface area contributed by atoms with Crippen LogP contribution in [-0.4, -0.2) is 17.6 Å². The van der Waals surface area contributed by atoms with Crippen molar-refractivity contribution in [3.8, 4) is 11.1 Å². The van der Waals surface area contributed by atoms with Crippen molar-refractivity contribution in [2.24, 2.45) is 7.05 Å². The predicted octanol–water partition coefficient (Wildman–Crippen LogP) is 8.47. The number of nitrogens with one attached hydrogen (secondary N) is 1. The molecule has 0 bridgehead atoms. The second kappa shape index (κ2) is 11.4. The zero-order chi connectivity index (χ0) is 29.1. The van der Waals surface area contributed by atoms with Crippen LogP contribution in [-0.2, 0) is 22.0 Å². The minimum atomic E-state index is -1.22. The number of aromatic nitrogens is 1. The van der Waals surface area contributed by atoms with Crippen LogP contribution < -0.4 is 5.32 Å². The van der Waals surface area contributed by atoms with Crippen LogP contribution in [0.25, 0.3) is 22.0 Å². The van der Waals surface area contributed by atoms with Crippen LogP contribution in [0, 0.1) is 6.92 Å². The SMILES string of the molecule is COC(=O)[C@](c1ccccc1)(c1cn(C)c2c(C)cccc12)[C@@H](Nc1ccc(-c2ccccc2)cc1)c1ccccc1. The van der Waals surface area contributed by atoms with Gasteiger partial charge in [-0.25, -0.2) is 0 Å². The van der Waals surface area contributed by atoms with Gasteiger partial charge in [-0.2, -0.15) is 0 Å². The molecule has 0 fully saturated rings. The summed E-state index contributed by atoms with van der Waals surface area (Å²) in [6.07, 6.45) is 2.09. The summed E-state index contributed by atoms with van der Waals surface area (Å²) in [5.74, 6) is -0.329. The first-order valence-electron chi connectivity index (χ1n) is 14.2. The number of carbonyl (C=O) groups excluding carboxylic acids is 1. The van der Waals surface area contributed by atoms with Gasteiger partial charge in [-0.15, -0.1) is 0 Å². The molecule has 0 saturated heterocycles. The number of hydrogen-bond donors (Lipinski definition) is 1. The van der Waals surface area contributed by atoms with Crippen molar-refractivity contribution < 1.29 is 9.53 Å². The average molecular weight is 551 g/mol. The van der Waals surface area contributed by atoms with Gasteiger partial charge in [0.1, 0.15) is 5.41 Å². The molecule has 0 aliphatic heterocycles. The fourth-order valence-corrected chi connectivity index (χ4v) is 6.32. The molecular formula is C38H34N2O2. The number of carbonyl (C=O) groups is 1. The van der Waals surface area contributed by atoms with Crippen LogP contribution >= 0.6 is 0 Å². The number of esters is 1. The number of fused-ring (bicyclic) bond motifs is 1. The average Bonchev–Trinajstić information content (AvgIpc) is 3.39. The van der Waals surface area contributed by atoms with Crippen molar-refractivity contribution in [1.82, 2.24) is 4.57 Å². The molecule has 1 N–H and O–H groups in total. The van der Waals surface area contributed by atoms with E-state index in [1.54, 1.807) is 0 Å². The van der Waals surface area contributed by atoms with Crippen LogP contribution in [0.2, 0.25) is 0 Å². The maximum atomic E-state index is 14.5. The first kappa shape index (κ1) is 27.1. The molecule has 1 aromatic heterocycles. The number of nitrogens with zero attached hydrogens (tertiary/aromatic N) is 1. The number of aryl methyl sites for hydroxylation is 2. The van der Waals surface area contributed by atoms with Gasteiger partial charge in [0.2, 0.25) is 0 Å². The van der Waals surface area contributed by atoms with E-state index in [1.165, 1.54) is 7.11 Å². The number of benzene rings is 5. The largest absolute Gasteiger partial charge is 0.468 e. The van der Waals surface area contributed by atoms with Gasteiger partial charge in [-0.1, -0.05) is 121 Å². The van der Waals surface area contributed by atoms with Crippen molar-refractivity contribution in [2.75, 3.05) is 12.4 Å². The van der Waals surface area contributed by atoms with E-state index in [1.807, 2.05) is 73.8 Å². The van der Waals surface area contributed by atoms with Gasteiger partial charge in [0.25, 0.3) is 0 Å². The molecule has 4 heteroatoms. The molecular weight excluding hydrogens is 516 g/mol. The van der Waals surface area contributed by atoms with Crippen molar-refractivity contribution in [3.63, 3.8) is 0 Å². The molecule has 0 radical (unpaired) electrons. The number of hydrogen-bond acceptors (Lipinski definition) is 3. The van der Waals surface area contributed by atoms with E-state index in [2.05, 4.69) is 89.7 Å². The fourth-order valence-electron chi connectivity index (χ4n) is 6.32. The summed E-state index contributed by atoms with van der Waals surface area (Å²) in [6.45, 7) is 2.11. The van der Waals surface area contributed by atoms with Crippen LogP contribution in [0.4, 0.5) is 5.69 Å². The molecule has 1 heterocycles. The second-order valence-electron chi connectivity index (χ2n) is 10.7. The molecule has 0 amide bonds. The van der Waals surface area contributed by atoms with Crippen molar-refractivity contribution >= 4 is 22.6 Å². The van der Waals surface area contributed by atoms with E-state index >= 15 is 0 Å². The van der Waals surface area contributed by atoms with Gasteiger partial charge in [-0.05, 0) is 46.9 Å². The molecule has 208 valence electrons. The normalized spacial score (nSPS) is 13.3. The molecule has 2 atom stereocenters. The maximum absolute atomic E-state index is 14.5. The van der Waals surface area contributed by atoms with Crippen LogP contribution in [0.5, 0.6) is 0 Å². The number of rotatable bonds is 8. The molecule has 0 aliphatic rings. The molecule has 0 aliphatic carbocycles. The first-order valence-corrected chi connectivity index (χ1v) is 14.2. The molecule has 42 heavy (non-hydrogen) atoms. The van der Waals surface area contributed by atoms with Crippen molar-refractivity contribution in [3.05, 3.63) is 162 Å².